The molecule has 1 nitrogen and oxygen atoms in total. The summed E-state index contributed by atoms with van der Waals surface area (Å²) in [5, 5.41) is 3.70. The van der Waals surface area contributed by atoms with Crippen LogP contribution in [0, 0.1) is 5.92 Å². The number of thioether (sulfide) groups is 1. The van der Waals surface area contributed by atoms with Crippen LogP contribution in [0.5, 0.6) is 0 Å². The van der Waals surface area contributed by atoms with Gasteiger partial charge < -0.3 is 5.32 Å². The molecule has 18 heavy (non-hydrogen) atoms. The highest BCUT2D eigenvalue weighted by Crippen LogP contribution is 2.27. The highest BCUT2D eigenvalue weighted by Gasteiger charge is 2.17. The van der Waals surface area contributed by atoms with Crippen molar-refractivity contribution in [3.05, 3.63) is 29.8 Å². The molecule has 0 saturated heterocycles. The summed E-state index contributed by atoms with van der Waals surface area (Å²) in [6.07, 6.45) is 5.86. The molecule has 0 spiro atoms. The second-order valence-electron chi connectivity index (χ2n) is 4.97. The second-order valence-corrected chi connectivity index (χ2v) is 5.85. The van der Waals surface area contributed by atoms with Crippen molar-refractivity contribution in [1.29, 1.82) is 0 Å². The maximum Gasteiger partial charge on any atom is 0.0346 e. The predicted octanol–water partition coefficient (Wildman–Crippen LogP) is 4.89. The summed E-state index contributed by atoms with van der Waals surface area (Å²) in [5.74, 6) is 0.696. The topological polar surface area (TPSA) is 12.0 Å². The first-order valence-corrected chi connectivity index (χ1v) is 8.32. The lowest BCUT2D eigenvalue weighted by Gasteiger charge is -2.25. The Balaban J connectivity index is 2.79. The van der Waals surface area contributed by atoms with Crippen molar-refractivity contribution >= 4 is 11.8 Å². The average Bonchev–Trinajstić information content (AvgIpc) is 2.40. The van der Waals surface area contributed by atoms with E-state index in [4.69, 9.17) is 0 Å². The molecule has 0 aliphatic rings. The molecule has 0 saturated carbocycles. The van der Waals surface area contributed by atoms with Crippen LogP contribution in [0.1, 0.15) is 51.6 Å². The first kappa shape index (κ1) is 15.6. The largest absolute Gasteiger partial charge is 0.310 e. The Morgan fingerprint density at radius 2 is 1.78 bits per heavy atom. The van der Waals surface area contributed by atoms with Gasteiger partial charge in [-0.15, -0.1) is 11.8 Å². The lowest BCUT2D eigenvalue weighted by Crippen LogP contribution is -2.27. The number of hydrogen-bond donors (Lipinski definition) is 1. The van der Waals surface area contributed by atoms with Gasteiger partial charge in [0.05, 0.1) is 0 Å². The van der Waals surface area contributed by atoms with Gasteiger partial charge in [0.15, 0.2) is 0 Å². The van der Waals surface area contributed by atoms with Gasteiger partial charge in [0.25, 0.3) is 0 Å². The Morgan fingerprint density at radius 1 is 1.11 bits per heavy atom. The van der Waals surface area contributed by atoms with E-state index in [1.165, 1.54) is 29.7 Å². The van der Waals surface area contributed by atoms with Crippen LogP contribution in [0.15, 0.2) is 29.2 Å². The molecular formula is C16H27NS. The molecule has 102 valence electrons. The van der Waals surface area contributed by atoms with Crippen LogP contribution in [0.4, 0.5) is 0 Å². The van der Waals surface area contributed by atoms with Gasteiger partial charge >= 0.3 is 0 Å². The third-order valence-electron chi connectivity index (χ3n) is 3.40. The molecule has 0 aromatic heterocycles. The van der Waals surface area contributed by atoms with E-state index in [1.807, 2.05) is 0 Å². The molecule has 1 N–H and O–H groups in total. The summed E-state index contributed by atoms with van der Waals surface area (Å²) in [7, 11) is 0. The van der Waals surface area contributed by atoms with E-state index in [9.17, 15) is 0 Å². The Morgan fingerprint density at radius 3 is 2.28 bits per heavy atom. The number of hydrogen-bond acceptors (Lipinski definition) is 2. The van der Waals surface area contributed by atoms with Crippen LogP contribution >= 0.6 is 11.8 Å². The van der Waals surface area contributed by atoms with Crippen molar-refractivity contribution in [2.24, 2.45) is 5.92 Å². The van der Waals surface area contributed by atoms with Crippen LogP contribution in [-0.4, -0.2) is 12.8 Å². The van der Waals surface area contributed by atoms with Crippen molar-refractivity contribution < 1.29 is 0 Å². The normalized spacial score (nSPS) is 14.4. The third-order valence-corrected chi connectivity index (χ3v) is 4.15. The first-order chi connectivity index (χ1) is 8.72. The van der Waals surface area contributed by atoms with Gasteiger partial charge in [0.1, 0.15) is 0 Å². The molecule has 0 bridgehead atoms. The maximum atomic E-state index is 3.70. The van der Waals surface area contributed by atoms with Crippen molar-refractivity contribution in [2.75, 3.05) is 12.8 Å². The molecule has 1 rings (SSSR count). The average molecular weight is 265 g/mol. The van der Waals surface area contributed by atoms with Crippen molar-refractivity contribution in [3.63, 3.8) is 0 Å². The fourth-order valence-electron chi connectivity index (χ4n) is 2.38. The number of rotatable bonds is 8. The van der Waals surface area contributed by atoms with Gasteiger partial charge in [-0.3, -0.25) is 0 Å². The van der Waals surface area contributed by atoms with Crippen molar-refractivity contribution in [1.82, 2.24) is 5.32 Å². The number of benzene rings is 1. The number of nitrogens with one attached hydrogen (secondary N) is 1. The van der Waals surface area contributed by atoms with Gasteiger partial charge in [-0.2, -0.15) is 0 Å². The summed E-state index contributed by atoms with van der Waals surface area (Å²) in [5.41, 5.74) is 1.43. The first-order valence-electron chi connectivity index (χ1n) is 7.10. The summed E-state index contributed by atoms with van der Waals surface area (Å²) in [6, 6.07) is 9.54. The maximum absolute atomic E-state index is 3.70. The highest BCUT2D eigenvalue weighted by molar-refractivity contribution is 7.98. The molecule has 0 fully saturated rings. The van der Waals surface area contributed by atoms with E-state index in [1.54, 1.807) is 11.8 Å². The van der Waals surface area contributed by atoms with Gasteiger partial charge in [0.2, 0.25) is 0 Å². The molecule has 2 heteroatoms. The Bertz CT molecular complexity index is 320. The Hall–Kier alpha value is -0.470. The highest BCUT2D eigenvalue weighted by atomic mass is 32.2. The van der Waals surface area contributed by atoms with Gasteiger partial charge in [-0.1, -0.05) is 39.3 Å². The minimum atomic E-state index is 0.501. The molecule has 2 atom stereocenters. The fourth-order valence-corrected chi connectivity index (χ4v) is 2.79. The van der Waals surface area contributed by atoms with Crippen LogP contribution in [0.25, 0.3) is 0 Å². The lowest BCUT2D eigenvalue weighted by atomic mass is 9.91. The zero-order valence-electron chi connectivity index (χ0n) is 12.2. The molecule has 0 radical (unpaired) electrons. The molecule has 0 aliphatic heterocycles. The van der Waals surface area contributed by atoms with Crippen molar-refractivity contribution in [2.45, 2.75) is 51.0 Å². The molecule has 0 amide bonds. The summed E-state index contributed by atoms with van der Waals surface area (Å²) >= 11 is 1.81. The molecule has 0 heterocycles. The summed E-state index contributed by atoms with van der Waals surface area (Å²) in [6.45, 7) is 7.96. The lowest BCUT2D eigenvalue weighted by molar-refractivity contribution is 0.363. The molecule has 1 aromatic rings. The van der Waals surface area contributed by atoms with Gasteiger partial charge in [-0.05, 0) is 49.3 Å². The summed E-state index contributed by atoms with van der Waals surface area (Å²) < 4.78 is 0. The van der Waals surface area contributed by atoms with E-state index >= 15 is 0 Å². The zero-order valence-corrected chi connectivity index (χ0v) is 13.0. The second kappa shape index (κ2) is 8.60. The zero-order chi connectivity index (χ0) is 13.4. The smallest absolute Gasteiger partial charge is 0.0346 e. The van der Waals surface area contributed by atoms with Gasteiger partial charge in [-0.25, -0.2) is 0 Å². The van der Waals surface area contributed by atoms with Crippen LogP contribution in [0.2, 0.25) is 0 Å². The SMILES string of the molecule is CCCNC(c1ccc(SC)cc1)C(C)CCC. The monoisotopic (exact) mass is 265 g/mol. The third kappa shape index (κ3) is 4.66. The summed E-state index contributed by atoms with van der Waals surface area (Å²) in [4.78, 5) is 1.34. The minimum absolute atomic E-state index is 0.501. The van der Waals surface area contributed by atoms with E-state index in [0.717, 1.165) is 6.54 Å². The minimum Gasteiger partial charge on any atom is -0.310 e. The van der Waals surface area contributed by atoms with E-state index in [2.05, 4.69) is 56.6 Å². The van der Waals surface area contributed by atoms with Crippen molar-refractivity contribution in [3.8, 4) is 0 Å². The van der Waals surface area contributed by atoms with E-state index in [-0.39, 0.29) is 0 Å². The molecule has 0 aliphatic carbocycles. The van der Waals surface area contributed by atoms with E-state index < -0.39 is 0 Å². The van der Waals surface area contributed by atoms with Crippen LogP contribution in [0.3, 0.4) is 0 Å². The quantitative estimate of drug-likeness (QED) is 0.672. The fraction of sp³-hybridized carbons (Fsp3) is 0.625. The van der Waals surface area contributed by atoms with Crippen LogP contribution in [-0.2, 0) is 0 Å². The van der Waals surface area contributed by atoms with Gasteiger partial charge in [0, 0.05) is 10.9 Å². The van der Waals surface area contributed by atoms with E-state index in [0.29, 0.717) is 12.0 Å². The molecule has 1 aromatic carbocycles. The molecule has 2 unspecified atom stereocenters. The van der Waals surface area contributed by atoms with Crippen LogP contribution < -0.4 is 5.32 Å². The Kier molecular flexibility index (Phi) is 7.45. The predicted molar refractivity (Wildman–Crippen MR) is 83.3 cm³/mol. The standard InChI is InChI=1S/C16H27NS/c1-5-7-13(3)16(17-12-6-2)14-8-10-15(18-4)11-9-14/h8-11,13,16-17H,5-7,12H2,1-4H3. The Labute approximate surface area is 117 Å². The molecular weight excluding hydrogens is 238 g/mol.